The quantitative estimate of drug-likeness (QED) is 0.306. The molecule has 0 aliphatic heterocycles. The fraction of sp³-hybridized carbons (Fsp3) is 0.263. The first-order valence-corrected chi connectivity index (χ1v) is 7.88. The van der Waals surface area contributed by atoms with E-state index in [0.717, 1.165) is 24.5 Å². The highest BCUT2D eigenvalue weighted by molar-refractivity contribution is 14.0. The molecule has 0 fully saturated rings. The van der Waals surface area contributed by atoms with Crippen molar-refractivity contribution in [1.29, 1.82) is 0 Å². The Bertz CT molecular complexity index is 673. The zero-order valence-corrected chi connectivity index (χ0v) is 16.8. The van der Waals surface area contributed by atoms with Crippen LogP contribution in [-0.4, -0.2) is 32.6 Å². The fourth-order valence-corrected chi connectivity index (χ4v) is 2.25. The Morgan fingerprint density at radius 3 is 2.28 bits per heavy atom. The molecule has 0 amide bonds. The van der Waals surface area contributed by atoms with Gasteiger partial charge in [0, 0.05) is 20.1 Å². The minimum Gasteiger partial charge on any atom is -0.465 e. The van der Waals surface area contributed by atoms with Crippen molar-refractivity contribution < 1.29 is 9.53 Å². The Morgan fingerprint density at radius 1 is 1.00 bits per heavy atom. The minimum absolute atomic E-state index is 0. The summed E-state index contributed by atoms with van der Waals surface area (Å²) in [6.07, 6.45) is 0.940. The van der Waals surface area contributed by atoms with E-state index in [9.17, 15) is 4.79 Å². The molecular weight excluding hydrogens is 429 g/mol. The molecule has 2 aromatic rings. The third-order valence-electron chi connectivity index (χ3n) is 3.61. The third kappa shape index (κ3) is 7.13. The highest BCUT2D eigenvalue weighted by Gasteiger charge is 2.04. The van der Waals surface area contributed by atoms with E-state index in [2.05, 4.69) is 32.5 Å². The second-order valence-corrected chi connectivity index (χ2v) is 5.28. The van der Waals surface area contributed by atoms with Crippen molar-refractivity contribution in [2.24, 2.45) is 4.99 Å². The number of rotatable bonds is 6. The van der Waals surface area contributed by atoms with Gasteiger partial charge in [0.15, 0.2) is 5.96 Å². The van der Waals surface area contributed by atoms with Crippen LogP contribution in [0.1, 0.15) is 21.5 Å². The number of halogens is 1. The lowest BCUT2D eigenvalue weighted by Gasteiger charge is -2.12. The van der Waals surface area contributed by atoms with Crippen molar-refractivity contribution in [2.75, 3.05) is 20.7 Å². The topological polar surface area (TPSA) is 62.7 Å². The molecule has 0 heterocycles. The average molecular weight is 453 g/mol. The molecule has 0 aliphatic carbocycles. The Labute approximate surface area is 165 Å². The molecule has 2 N–H and O–H groups in total. The van der Waals surface area contributed by atoms with Gasteiger partial charge in [-0.1, -0.05) is 42.5 Å². The summed E-state index contributed by atoms with van der Waals surface area (Å²) < 4.78 is 4.69. The molecule has 0 radical (unpaired) electrons. The number of carbonyl (C=O) groups excluding carboxylic acids is 1. The number of esters is 1. The minimum atomic E-state index is -0.326. The monoisotopic (exact) mass is 453 g/mol. The molecule has 0 spiro atoms. The van der Waals surface area contributed by atoms with Crippen LogP contribution in [0.15, 0.2) is 59.6 Å². The summed E-state index contributed by atoms with van der Waals surface area (Å²) in [5, 5.41) is 6.55. The van der Waals surface area contributed by atoms with Gasteiger partial charge in [-0.15, -0.1) is 24.0 Å². The molecule has 134 valence electrons. The molecule has 0 saturated heterocycles. The Kier molecular flexibility index (Phi) is 9.61. The van der Waals surface area contributed by atoms with E-state index < -0.39 is 0 Å². The zero-order chi connectivity index (χ0) is 17.2. The number of guanidine groups is 1. The lowest BCUT2D eigenvalue weighted by molar-refractivity contribution is 0.0600. The van der Waals surface area contributed by atoms with E-state index >= 15 is 0 Å². The average Bonchev–Trinajstić information content (AvgIpc) is 2.65. The van der Waals surface area contributed by atoms with Gasteiger partial charge in [-0.3, -0.25) is 4.99 Å². The molecule has 5 nitrogen and oxygen atoms in total. The predicted molar refractivity (Wildman–Crippen MR) is 112 cm³/mol. The third-order valence-corrected chi connectivity index (χ3v) is 3.61. The molecule has 0 saturated carbocycles. The Morgan fingerprint density at radius 2 is 1.68 bits per heavy atom. The molecule has 2 aromatic carbocycles. The fourth-order valence-electron chi connectivity index (χ4n) is 2.25. The van der Waals surface area contributed by atoms with Gasteiger partial charge in [-0.2, -0.15) is 0 Å². The Hall–Kier alpha value is -2.09. The first kappa shape index (κ1) is 21.0. The van der Waals surface area contributed by atoms with Crippen molar-refractivity contribution in [1.82, 2.24) is 10.6 Å². The summed E-state index contributed by atoms with van der Waals surface area (Å²) in [6, 6.07) is 17.6. The molecule has 2 rings (SSSR count). The standard InChI is InChI=1S/C19H23N3O2.HI/c1-20-19(21-13-12-15-6-4-3-5-7-15)22-14-16-8-10-17(11-9-16)18(23)24-2;/h3-11H,12-14H2,1-2H3,(H2,20,21,22);1H. The highest BCUT2D eigenvalue weighted by Crippen LogP contribution is 2.05. The van der Waals surface area contributed by atoms with Crippen LogP contribution in [0.5, 0.6) is 0 Å². The van der Waals surface area contributed by atoms with Gasteiger partial charge in [0.25, 0.3) is 0 Å². The number of benzene rings is 2. The van der Waals surface area contributed by atoms with E-state index in [4.69, 9.17) is 0 Å². The van der Waals surface area contributed by atoms with Crippen molar-refractivity contribution in [3.05, 3.63) is 71.3 Å². The molecule has 0 unspecified atom stereocenters. The molecular formula is C19H24IN3O2. The van der Waals surface area contributed by atoms with Gasteiger partial charge in [0.2, 0.25) is 0 Å². The molecule has 0 bridgehead atoms. The van der Waals surface area contributed by atoms with Gasteiger partial charge >= 0.3 is 5.97 Å². The number of aliphatic imine (C=N–C) groups is 1. The van der Waals surface area contributed by atoms with Crippen LogP contribution in [0.25, 0.3) is 0 Å². The number of nitrogens with zero attached hydrogens (tertiary/aromatic N) is 1. The molecule has 0 aromatic heterocycles. The molecule has 0 aliphatic rings. The summed E-state index contributed by atoms with van der Waals surface area (Å²) in [7, 11) is 3.13. The van der Waals surface area contributed by atoms with E-state index in [1.165, 1.54) is 12.7 Å². The number of hydrogen-bond acceptors (Lipinski definition) is 3. The number of carbonyl (C=O) groups is 1. The van der Waals surface area contributed by atoms with Crippen LogP contribution in [0.3, 0.4) is 0 Å². The van der Waals surface area contributed by atoms with Crippen LogP contribution in [-0.2, 0) is 17.7 Å². The first-order chi connectivity index (χ1) is 11.7. The van der Waals surface area contributed by atoms with Crippen LogP contribution in [0.2, 0.25) is 0 Å². The number of hydrogen-bond donors (Lipinski definition) is 2. The summed E-state index contributed by atoms with van der Waals surface area (Å²) >= 11 is 0. The lowest BCUT2D eigenvalue weighted by atomic mass is 10.1. The normalized spacial score (nSPS) is 10.6. The smallest absolute Gasteiger partial charge is 0.337 e. The largest absolute Gasteiger partial charge is 0.465 e. The van der Waals surface area contributed by atoms with Crippen molar-refractivity contribution in [3.8, 4) is 0 Å². The zero-order valence-electron chi connectivity index (χ0n) is 14.5. The van der Waals surface area contributed by atoms with E-state index in [1.54, 1.807) is 19.2 Å². The van der Waals surface area contributed by atoms with Gasteiger partial charge < -0.3 is 15.4 Å². The van der Waals surface area contributed by atoms with Gasteiger partial charge in [-0.05, 0) is 29.7 Å². The maximum atomic E-state index is 11.4. The van der Waals surface area contributed by atoms with E-state index in [1.807, 2.05) is 30.3 Å². The van der Waals surface area contributed by atoms with Crippen LogP contribution in [0.4, 0.5) is 0 Å². The number of nitrogens with one attached hydrogen (secondary N) is 2. The van der Waals surface area contributed by atoms with E-state index in [-0.39, 0.29) is 29.9 Å². The van der Waals surface area contributed by atoms with Crippen LogP contribution < -0.4 is 10.6 Å². The maximum Gasteiger partial charge on any atom is 0.337 e. The number of ether oxygens (including phenoxy) is 1. The first-order valence-electron chi connectivity index (χ1n) is 7.88. The maximum absolute atomic E-state index is 11.4. The summed E-state index contributed by atoms with van der Waals surface area (Å²) in [4.78, 5) is 15.6. The van der Waals surface area contributed by atoms with Gasteiger partial charge in [0.05, 0.1) is 12.7 Å². The summed E-state index contributed by atoms with van der Waals surface area (Å²) in [5.41, 5.74) is 2.90. The van der Waals surface area contributed by atoms with Gasteiger partial charge in [-0.25, -0.2) is 4.79 Å². The second-order valence-electron chi connectivity index (χ2n) is 5.28. The lowest BCUT2D eigenvalue weighted by Crippen LogP contribution is -2.37. The van der Waals surface area contributed by atoms with Crippen molar-refractivity contribution >= 4 is 35.9 Å². The van der Waals surface area contributed by atoms with E-state index in [0.29, 0.717) is 12.1 Å². The molecule has 6 heteroatoms. The number of methoxy groups -OCH3 is 1. The summed E-state index contributed by atoms with van der Waals surface area (Å²) in [6.45, 7) is 1.44. The second kappa shape index (κ2) is 11.5. The molecule has 25 heavy (non-hydrogen) atoms. The highest BCUT2D eigenvalue weighted by atomic mass is 127. The van der Waals surface area contributed by atoms with Crippen LogP contribution >= 0.6 is 24.0 Å². The summed E-state index contributed by atoms with van der Waals surface area (Å²) in [5.74, 6) is 0.427. The predicted octanol–water partition coefficient (Wildman–Crippen LogP) is 3.00. The van der Waals surface area contributed by atoms with Crippen molar-refractivity contribution in [3.63, 3.8) is 0 Å². The SMILES string of the molecule is CN=C(NCCc1ccccc1)NCc1ccc(C(=O)OC)cc1.I. The van der Waals surface area contributed by atoms with Crippen LogP contribution in [0, 0.1) is 0 Å². The molecule has 0 atom stereocenters. The van der Waals surface area contributed by atoms with Gasteiger partial charge in [0.1, 0.15) is 0 Å². The Balaban J connectivity index is 0.00000312. The van der Waals surface area contributed by atoms with Crippen molar-refractivity contribution in [2.45, 2.75) is 13.0 Å².